The van der Waals surface area contributed by atoms with Crippen LogP contribution >= 0.6 is 0 Å². The molecule has 0 saturated heterocycles. The molecule has 0 amide bonds. The number of rotatable bonds is 8. The summed E-state index contributed by atoms with van der Waals surface area (Å²) < 4.78 is 8.25. The Morgan fingerprint density at radius 2 is 1.70 bits per heavy atom. The first-order valence-electron chi connectivity index (χ1n) is 10.5. The number of nitrogens with zero attached hydrogens (tertiary/aromatic N) is 3. The lowest BCUT2D eigenvalue weighted by molar-refractivity contribution is 0.303. The maximum Gasteiger partial charge on any atom is 0.141 e. The van der Waals surface area contributed by atoms with E-state index in [2.05, 4.69) is 85.1 Å². The van der Waals surface area contributed by atoms with Crippen LogP contribution in [0.3, 0.4) is 0 Å². The minimum Gasteiger partial charge on any atom is -0.494 e. The Balaban J connectivity index is 1.48. The fraction of sp³-hybridized carbons (Fsp3) is 0.269. The molecule has 0 aliphatic rings. The molecule has 0 aliphatic carbocycles. The van der Waals surface area contributed by atoms with Crippen LogP contribution in [0.15, 0.2) is 72.8 Å². The molecule has 0 aliphatic heterocycles. The van der Waals surface area contributed by atoms with Gasteiger partial charge in [0, 0.05) is 31.9 Å². The number of ether oxygens (including phenoxy) is 1. The van der Waals surface area contributed by atoms with Gasteiger partial charge in [0.1, 0.15) is 11.6 Å². The van der Waals surface area contributed by atoms with Gasteiger partial charge >= 0.3 is 0 Å². The van der Waals surface area contributed by atoms with Gasteiger partial charge in [-0.1, -0.05) is 24.3 Å². The van der Waals surface area contributed by atoms with Crippen molar-refractivity contribution >= 4 is 16.7 Å². The van der Waals surface area contributed by atoms with E-state index in [-0.39, 0.29) is 0 Å². The lowest BCUT2D eigenvalue weighted by atomic mass is 10.2. The van der Waals surface area contributed by atoms with Crippen LogP contribution in [-0.2, 0) is 6.54 Å². The number of aromatic nitrogens is 2. The molecule has 0 spiro atoms. The highest BCUT2D eigenvalue weighted by atomic mass is 16.5. The molecule has 1 heterocycles. The predicted molar refractivity (Wildman–Crippen MR) is 125 cm³/mol. The highest BCUT2D eigenvalue weighted by Gasteiger charge is 2.12. The van der Waals surface area contributed by atoms with Crippen molar-refractivity contribution in [2.45, 2.75) is 26.3 Å². The number of hydrogen-bond donors (Lipinski definition) is 0. The van der Waals surface area contributed by atoms with Crippen molar-refractivity contribution in [1.82, 2.24) is 9.55 Å². The Morgan fingerprint density at radius 1 is 0.900 bits per heavy atom. The molecule has 4 aromatic rings. The molecule has 0 unspecified atom stereocenters. The van der Waals surface area contributed by atoms with E-state index in [9.17, 15) is 0 Å². The molecular weight excluding hydrogens is 370 g/mol. The summed E-state index contributed by atoms with van der Waals surface area (Å²) in [5.74, 6) is 1.98. The third kappa shape index (κ3) is 4.48. The van der Waals surface area contributed by atoms with Gasteiger partial charge in [-0.15, -0.1) is 0 Å². The number of aryl methyl sites for hydroxylation is 2. The highest BCUT2D eigenvalue weighted by Crippen LogP contribution is 2.27. The number of benzene rings is 3. The third-order valence-electron chi connectivity index (χ3n) is 5.33. The Hall–Kier alpha value is -3.27. The van der Waals surface area contributed by atoms with Crippen LogP contribution in [-0.4, -0.2) is 30.3 Å². The van der Waals surface area contributed by atoms with Crippen LogP contribution in [0.25, 0.3) is 22.4 Å². The maximum atomic E-state index is 5.91. The lowest BCUT2D eigenvalue weighted by Crippen LogP contribution is -2.08. The van der Waals surface area contributed by atoms with Crippen molar-refractivity contribution in [2.75, 3.05) is 25.6 Å². The summed E-state index contributed by atoms with van der Waals surface area (Å²) in [6.07, 6.45) is 2.04. The van der Waals surface area contributed by atoms with Crippen LogP contribution < -0.4 is 9.64 Å². The molecule has 0 bridgehead atoms. The Labute approximate surface area is 178 Å². The second kappa shape index (κ2) is 9.04. The van der Waals surface area contributed by atoms with E-state index in [0.717, 1.165) is 48.6 Å². The van der Waals surface area contributed by atoms with Gasteiger partial charge in [0.2, 0.25) is 0 Å². The van der Waals surface area contributed by atoms with Crippen molar-refractivity contribution in [3.63, 3.8) is 0 Å². The molecule has 1 aromatic heterocycles. The first-order valence-corrected chi connectivity index (χ1v) is 10.5. The van der Waals surface area contributed by atoms with Crippen LogP contribution in [0.1, 0.15) is 18.4 Å². The van der Waals surface area contributed by atoms with Crippen LogP contribution in [0.2, 0.25) is 0 Å². The molecule has 154 valence electrons. The van der Waals surface area contributed by atoms with Crippen LogP contribution in [0.5, 0.6) is 5.75 Å². The molecule has 0 radical (unpaired) electrons. The summed E-state index contributed by atoms with van der Waals surface area (Å²) in [7, 11) is 4.12. The quantitative estimate of drug-likeness (QED) is 0.344. The van der Waals surface area contributed by atoms with Gasteiger partial charge in [0.25, 0.3) is 0 Å². The van der Waals surface area contributed by atoms with Gasteiger partial charge in [-0.2, -0.15) is 0 Å². The molecule has 4 nitrogen and oxygen atoms in total. The average molecular weight is 400 g/mol. The Morgan fingerprint density at radius 3 is 2.47 bits per heavy atom. The lowest BCUT2D eigenvalue weighted by Gasteiger charge is -2.14. The molecule has 30 heavy (non-hydrogen) atoms. The van der Waals surface area contributed by atoms with Gasteiger partial charge in [-0.3, -0.25) is 0 Å². The van der Waals surface area contributed by atoms with E-state index in [0.29, 0.717) is 0 Å². The number of fused-ring (bicyclic) bond motifs is 1. The molecule has 0 fully saturated rings. The van der Waals surface area contributed by atoms with E-state index in [1.807, 2.05) is 18.2 Å². The molecular formula is C26H29N3O. The normalized spacial score (nSPS) is 11.0. The SMILES string of the molecule is Cc1cccc(OCCCCn2c(-c3ccc(N(C)C)cc3)nc3ccccc32)c1. The number of imidazole rings is 1. The maximum absolute atomic E-state index is 5.91. The minimum absolute atomic E-state index is 0.725. The van der Waals surface area contributed by atoms with Crippen LogP contribution in [0.4, 0.5) is 5.69 Å². The molecule has 0 atom stereocenters. The highest BCUT2D eigenvalue weighted by molar-refractivity contribution is 5.80. The smallest absolute Gasteiger partial charge is 0.141 e. The van der Waals surface area contributed by atoms with Crippen molar-refractivity contribution in [3.05, 3.63) is 78.4 Å². The standard InChI is InChI=1S/C26H29N3O/c1-20-9-8-10-23(19-20)30-18-7-6-17-29-25-12-5-4-11-24(25)27-26(29)21-13-15-22(16-14-21)28(2)3/h4-5,8-16,19H,6-7,17-18H2,1-3H3. The molecule has 4 rings (SSSR count). The summed E-state index contributed by atoms with van der Waals surface area (Å²) in [5.41, 5.74) is 5.79. The van der Waals surface area contributed by atoms with E-state index >= 15 is 0 Å². The summed E-state index contributed by atoms with van der Waals surface area (Å²) in [6, 6.07) is 25.2. The summed E-state index contributed by atoms with van der Waals surface area (Å²) in [6.45, 7) is 3.73. The zero-order valence-corrected chi connectivity index (χ0v) is 18.0. The van der Waals surface area contributed by atoms with E-state index in [1.54, 1.807) is 0 Å². The number of hydrogen-bond acceptors (Lipinski definition) is 3. The van der Waals surface area contributed by atoms with E-state index in [4.69, 9.17) is 9.72 Å². The third-order valence-corrected chi connectivity index (χ3v) is 5.33. The number of para-hydroxylation sites is 2. The van der Waals surface area contributed by atoms with Gasteiger partial charge in [-0.25, -0.2) is 4.98 Å². The molecule has 4 heteroatoms. The predicted octanol–water partition coefficient (Wildman–Crippen LogP) is 5.94. The first kappa shape index (κ1) is 20.0. The number of unbranched alkanes of at least 4 members (excludes halogenated alkanes) is 1. The average Bonchev–Trinajstić information content (AvgIpc) is 3.12. The zero-order chi connectivity index (χ0) is 20.9. The number of anilines is 1. The van der Waals surface area contributed by atoms with E-state index < -0.39 is 0 Å². The van der Waals surface area contributed by atoms with Gasteiger partial charge in [-0.05, 0) is 73.9 Å². The molecule has 0 N–H and O–H groups in total. The Bertz CT molecular complexity index is 1110. The van der Waals surface area contributed by atoms with Crippen LogP contribution in [0, 0.1) is 6.92 Å². The fourth-order valence-electron chi connectivity index (χ4n) is 3.70. The molecule has 0 saturated carbocycles. The second-order valence-electron chi connectivity index (χ2n) is 7.89. The Kier molecular flexibility index (Phi) is 6.03. The van der Waals surface area contributed by atoms with Gasteiger partial charge in [0.15, 0.2) is 0 Å². The first-order chi connectivity index (χ1) is 14.6. The minimum atomic E-state index is 0.725. The van der Waals surface area contributed by atoms with Gasteiger partial charge < -0.3 is 14.2 Å². The van der Waals surface area contributed by atoms with Gasteiger partial charge in [0.05, 0.1) is 17.6 Å². The van der Waals surface area contributed by atoms with Crippen molar-refractivity contribution in [2.24, 2.45) is 0 Å². The monoisotopic (exact) mass is 399 g/mol. The topological polar surface area (TPSA) is 30.3 Å². The van der Waals surface area contributed by atoms with Crippen molar-refractivity contribution < 1.29 is 4.74 Å². The largest absolute Gasteiger partial charge is 0.494 e. The van der Waals surface area contributed by atoms with Crippen molar-refractivity contribution in [3.8, 4) is 17.1 Å². The summed E-state index contributed by atoms with van der Waals surface area (Å²) in [5, 5.41) is 0. The fourth-order valence-corrected chi connectivity index (χ4v) is 3.70. The summed E-state index contributed by atoms with van der Waals surface area (Å²) in [4.78, 5) is 7.04. The van der Waals surface area contributed by atoms with E-state index in [1.165, 1.54) is 16.8 Å². The second-order valence-corrected chi connectivity index (χ2v) is 7.89. The summed E-state index contributed by atoms with van der Waals surface area (Å²) >= 11 is 0. The van der Waals surface area contributed by atoms with Crippen molar-refractivity contribution in [1.29, 1.82) is 0 Å². The molecule has 3 aromatic carbocycles. The zero-order valence-electron chi connectivity index (χ0n) is 18.0.